The Balaban J connectivity index is 1.79. The molecule has 6 nitrogen and oxygen atoms in total. The second-order valence-electron chi connectivity index (χ2n) is 5.81. The lowest BCUT2D eigenvalue weighted by molar-refractivity contribution is 0.0232. The number of hydrogen-bond acceptors (Lipinski definition) is 6. The largest absolute Gasteiger partial charge is 0.491 e. The van der Waals surface area contributed by atoms with Gasteiger partial charge in [-0.05, 0) is 43.7 Å². The molecular weight excluding hydrogens is 298 g/mol. The SMILES string of the molecule is COC(=O)c1ccc(OC[C@H](O)CN2CCCC[C@@H]2CO)cc1. The third-order valence-corrected chi connectivity index (χ3v) is 4.12. The molecule has 0 amide bonds. The average molecular weight is 323 g/mol. The zero-order valence-electron chi connectivity index (χ0n) is 13.5. The highest BCUT2D eigenvalue weighted by Crippen LogP contribution is 2.17. The summed E-state index contributed by atoms with van der Waals surface area (Å²) >= 11 is 0. The van der Waals surface area contributed by atoms with Gasteiger partial charge < -0.3 is 19.7 Å². The van der Waals surface area contributed by atoms with E-state index in [1.807, 2.05) is 0 Å². The minimum Gasteiger partial charge on any atom is -0.491 e. The first-order valence-electron chi connectivity index (χ1n) is 7.98. The summed E-state index contributed by atoms with van der Waals surface area (Å²) in [5, 5.41) is 19.5. The van der Waals surface area contributed by atoms with Crippen LogP contribution < -0.4 is 4.74 Å². The predicted molar refractivity (Wildman–Crippen MR) is 85.6 cm³/mol. The number of likely N-dealkylation sites (tertiary alicyclic amines) is 1. The van der Waals surface area contributed by atoms with Gasteiger partial charge in [0.25, 0.3) is 0 Å². The topological polar surface area (TPSA) is 79.2 Å². The Morgan fingerprint density at radius 2 is 2.09 bits per heavy atom. The lowest BCUT2D eigenvalue weighted by Crippen LogP contribution is -2.46. The van der Waals surface area contributed by atoms with Crippen LogP contribution in [0.4, 0.5) is 0 Å². The summed E-state index contributed by atoms with van der Waals surface area (Å²) in [5.74, 6) is 0.200. The normalized spacial score (nSPS) is 20.0. The Bertz CT molecular complexity index is 490. The molecule has 0 saturated carbocycles. The number of aliphatic hydroxyl groups excluding tert-OH is 2. The molecule has 1 heterocycles. The van der Waals surface area contributed by atoms with Crippen molar-refractivity contribution in [2.45, 2.75) is 31.4 Å². The monoisotopic (exact) mass is 323 g/mol. The quantitative estimate of drug-likeness (QED) is 0.731. The van der Waals surface area contributed by atoms with Crippen molar-refractivity contribution in [3.05, 3.63) is 29.8 Å². The van der Waals surface area contributed by atoms with Gasteiger partial charge >= 0.3 is 5.97 Å². The molecule has 2 atom stereocenters. The van der Waals surface area contributed by atoms with Crippen molar-refractivity contribution in [2.24, 2.45) is 0 Å². The molecule has 1 aliphatic heterocycles. The molecule has 1 saturated heterocycles. The van der Waals surface area contributed by atoms with Crippen molar-refractivity contribution < 1.29 is 24.5 Å². The highest BCUT2D eigenvalue weighted by Gasteiger charge is 2.23. The number of rotatable bonds is 7. The summed E-state index contributed by atoms with van der Waals surface area (Å²) < 4.78 is 10.2. The summed E-state index contributed by atoms with van der Waals surface area (Å²) in [6, 6.07) is 6.74. The van der Waals surface area contributed by atoms with Crippen LogP contribution in [0.25, 0.3) is 0 Å². The second-order valence-corrected chi connectivity index (χ2v) is 5.81. The molecule has 1 fully saturated rings. The van der Waals surface area contributed by atoms with Crippen molar-refractivity contribution in [1.82, 2.24) is 4.90 Å². The molecule has 2 N–H and O–H groups in total. The first-order chi connectivity index (χ1) is 11.1. The Morgan fingerprint density at radius 1 is 1.35 bits per heavy atom. The third-order valence-electron chi connectivity index (χ3n) is 4.12. The van der Waals surface area contributed by atoms with Crippen molar-refractivity contribution in [2.75, 3.05) is 33.4 Å². The summed E-state index contributed by atoms with van der Waals surface area (Å²) in [4.78, 5) is 13.5. The fraction of sp³-hybridized carbons (Fsp3) is 0.588. The van der Waals surface area contributed by atoms with Crippen molar-refractivity contribution >= 4 is 5.97 Å². The summed E-state index contributed by atoms with van der Waals surface area (Å²) in [6.45, 7) is 1.69. The van der Waals surface area contributed by atoms with Gasteiger partial charge in [-0.15, -0.1) is 0 Å². The summed E-state index contributed by atoms with van der Waals surface area (Å²) in [6.07, 6.45) is 2.57. The Kier molecular flexibility index (Phi) is 6.83. The number of esters is 1. The molecule has 0 radical (unpaired) electrons. The molecule has 128 valence electrons. The lowest BCUT2D eigenvalue weighted by atomic mass is 10.0. The van der Waals surface area contributed by atoms with Gasteiger partial charge in [0.05, 0.1) is 19.3 Å². The van der Waals surface area contributed by atoms with Crippen LogP contribution in [0.3, 0.4) is 0 Å². The number of piperidine rings is 1. The first kappa shape index (κ1) is 17.7. The van der Waals surface area contributed by atoms with Crippen LogP contribution in [0, 0.1) is 0 Å². The molecule has 0 bridgehead atoms. The minimum atomic E-state index is -0.623. The maximum atomic E-state index is 11.3. The number of carbonyl (C=O) groups is 1. The maximum Gasteiger partial charge on any atom is 0.337 e. The van der Waals surface area contributed by atoms with Crippen molar-refractivity contribution in [3.8, 4) is 5.75 Å². The fourth-order valence-electron chi connectivity index (χ4n) is 2.83. The van der Waals surface area contributed by atoms with E-state index in [1.54, 1.807) is 24.3 Å². The molecule has 0 unspecified atom stereocenters. The number of carbonyl (C=O) groups excluding carboxylic acids is 1. The number of hydrogen-bond donors (Lipinski definition) is 2. The number of nitrogens with zero attached hydrogens (tertiary/aromatic N) is 1. The number of benzene rings is 1. The van der Waals surface area contributed by atoms with Crippen molar-refractivity contribution in [1.29, 1.82) is 0 Å². The average Bonchev–Trinajstić information content (AvgIpc) is 2.60. The Labute approximate surface area is 136 Å². The van der Waals surface area contributed by atoms with Gasteiger partial charge in [-0.2, -0.15) is 0 Å². The molecular formula is C17H25NO5. The van der Waals surface area contributed by atoms with E-state index < -0.39 is 12.1 Å². The van der Waals surface area contributed by atoms with E-state index in [0.717, 1.165) is 25.8 Å². The predicted octanol–water partition coefficient (Wildman–Crippen LogP) is 1.06. The molecule has 2 rings (SSSR count). The first-order valence-corrected chi connectivity index (χ1v) is 7.98. The minimum absolute atomic E-state index is 0.128. The van der Waals surface area contributed by atoms with Crippen LogP contribution in [0.15, 0.2) is 24.3 Å². The van der Waals surface area contributed by atoms with Gasteiger partial charge in [0.1, 0.15) is 18.5 Å². The van der Waals surface area contributed by atoms with E-state index in [1.165, 1.54) is 7.11 Å². The molecule has 1 aliphatic rings. The van der Waals surface area contributed by atoms with E-state index in [-0.39, 0.29) is 19.3 Å². The van der Waals surface area contributed by atoms with E-state index in [4.69, 9.17) is 4.74 Å². The smallest absolute Gasteiger partial charge is 0.337 e. The molecule has 0 aromatic heterocycles. The van der Waals surface area contributed by atoms with Crippen LogP contribution in [-0.4, -0.2) is 66.6 Å². The van der Waals surface area contributed by atoms with Crippen LogP contribution in [0.1, 0.15) is 29.6 Å². The molecule has 23 heavy (non-hydrogen) atoms. The zero-order valence-corrected chi connectivity index (χ0v) is 13.5. The van der Waals surface area contributed by atoms with Gasteiger partial charge in [-0.1, -0.05) is 6.42 Å². The highest BCUT2D eigenvalue weighted by molar-refractivity contribution is 5.89. The van der Waals surface area contributed by atoms with Crippen LogP contribution in [0.2, 0.25) is 0 Å². The second kappa shape index (κ2) is 8.86. The zero-order chi connectivity index (χ0) is 16.7. The van der Waals surface area contributed by atoms with Gasteiger partial charge in [0, 0.05) is 12.6 Å². The van der Waals surface area contributed by atoms with E-state index in [9.17, 15) is 15.0 Å². The highest BCUT2D eigenvalue weighted by atomic mass is 16.5. The van der Waals surface area contributed by atoms with Gasteiger partial charge in [0.2, 0.25) is 0 Å². The van der Waals surface area contributed by atoms with Gasteiger partial charge in [0.15, 0.2) is 0 Å². The molecule has 1 aromatic carbocycles. The van der Waals surface area contributed by atoms with E-state index >= 15 is 0 Å². The standard InChI is InChI=1S/C17H25NO5/c1-22-17(21)13-5-7-16(8-6-13)23-12-15(20)10-18-9-3-2-4-14(18)11-19/h5-8,14-15,19-20H,2-4,9-12H2,1H3/t14-,15-/m1/s1. The van der Waals surface area contributed by atoms with E-state index in [0.29, 0.717) is 17.9 Å². The number of β-amino-alcohol motifs (C(OH)–C–C–N with tert-alkyl or cyclic N) is 1. The number of methoxy groups -OCH3 is 1. The van der Waals surface area contributed by atoms with Crippen molar-refractivity contribution in [3.63, 3.8) is 0 Å². The van der Waals surface area contributed by atoms with Crippen LogP contribution in [0.5, 0.6) is 5.75 Å². The maximum absolute atomic E-state index is 11.3. The third kappa shape index (κ3) is 5.20. The fourth-order valence-corrected chi connectivity index (χ4v) is 2.83. The van der Waals surface area contributed by atoms with Crippen LogP contribution >= 0.6 is 0 Å². The number of aliphatic hydroxyl groups is 2. The van der Waals surface area contributed by atoms with Gasteiger partial charge in [-0.3, -0.25) is 4.90 Å². The van der Waals surface area contributed by atoms with Crippen LogP contribution in [-0.2, 0) is 4.74 Å². The number of ether oxygens (including phenoxy) is 2. The molecule has 0 spiro atoms. The summed E-state index contributed by atoms with van der Waals surface area (Å²) in [7, 11) is 1.34. The molecule has 6 heteroatoms. The lowest BCUT2D eigenvalue weighted by Gasteiger charge is -2.35. The Morgan fingerprint density at radius 3 is 2.74 bits per heavy atom. The van der Waals surface area contributed by atoms with E-state index in [2.05, 4.69) is 9.64 Å². The van der Waals surface area contributed by atoms with Gasteiger partial charge in [-0.25, -0.2) is 4.79 Å². The molecule has 1 aromatic rings. The molecule has 0 aliphatic carbocycles. The summed E-state index contributed by atoms with van der Waals surface area (Å²) in [5.41, 5.74) is 0.458. The Hall–Kier alpha value is -1.63.